The zero-order valence-corrected chi connectivity index (χ0v) is 12.7. The van der Waals surface area contributed by atoms with Gasteiger partial charge in [-0.25, -0.2) is 0 Å². The molecule has 6 heteroatoms. The Bertz CT molecular complexity index is 586. The van der Waals surface area contributed by atoms with Crippen LogP contribution in [0.4, 0.5) is 13.2 Å². The lowest BCUT2D eigenvalue weighted by atomic mass is 9.83. The Kier molecular flexibility index (Phi) is 4.85. The van der Waals surface area contributed by atoms with Gasteiger partial charge in [0.05, 0.1) is 20.6 Å². The number of hydrogen-bond acceptors (Lipinski definition) is 3. The van der Waals surface area contributed by atoms with E-state index in [9.17, 15) is 18.3 Å². The summed E-state index contributed by atoms with van der Waals surface area (Å²) >= 11 is 0. The van der Waals surface area contributed by atoms with Crippen molar-refractivity contribution in [2.75, 3.05) is 14.2 Å². The first kappa shape index (κ1) is 17.1. The van der Waals surface area contributed by atoms with Gasteiger partial charge in [0, 0.05) is 0 Å². The highest BCUT2D eigenvalue weighted by Gasteiger charge is 2.43. The predicted molar refractivity (Wildman–Crippen MR) is 79.7 cm³/mol. The Balaban J connectivity index is 2.49. The van der Waals surface area contributed by atoms with Gasteiger partial charge in [-0.3, -0.25) is 0 Å². The predicted octanol–water partition coefficient (Wildman–Crippen LogP) is 3.89. The quantitative estimate of drug-likeness (QED) is 0.906. The summed E-state index contributed by atoms with van der Waals surface area (Å²) < 4.78 is 49.0. The summed E-state index contributed by atoms with van der Waals surface area (Å²) in [5.41, 5.74) is -1.90. The molecular weight excluding hydrogens is 309 g/mol. The van der Waals surface area contributed by atoms with E-state index in [1.54, 1.807) is 0 Å². The Labute approximate surface area is 132 Å². The number of benzene rings is 2. The molecule has 0 aliphatic rings. The molecule has 124 valence electrons. The molecule has 2 rings (SSSR count). The molecule has 0 atom stereocenters. The van der Waals surface area contributed by atoms with Gasteiger partial charge in [0.1, 0.15) is 17.1 Å². The van der Waals surface area contributed by atoms with Crippen molar-refractivity contribution in [2.24, 2.45) is 0 Å². The van der Waals surface area contributed by atoms with Gasteiger partial charge in [0.15, 0.2) is 0 Å². The van der Waals surface area contributed by atoms with Crippen LogP contribution in [0.1, 0.15) is 17.5 Å². The third-order valence-corrected chi connectivity index (χ3v) is 3.59. The van der Waals surface area contributed by atoms with Crippen LogP contribution in [0.3, 0.4) is 0 Å². The first-order valence-corrected chi connectivity index (χ1v) is 6.87. The van der Waals surface area contributed by atoms with Gasteiger partial charge in [-0.05, 0) is 35.4 Å². The lowest BCUT2D eigenvalue weighted by Crippen LogP contribution is -2.33. The number of alkyl halides is 3. The Morgan fingerprint density at radius 2 is 1.13 bits per heavy atom. The molecule has 0 aliphatic carbocycles. The van der Waals surface area contributed by atoms with E-state index in [4.69, 9.17) is 9.47 Å². The van der Waals surface area contributed by atoms with E-state index in [-0.39, 0.29) is 11.1 Å². The van der Waals surface area contributed by atoms with E-state index in [1.165, 1.54) is 62.8 Å². The molecule has 0 heterocycles. The normalized spacial score (nSPS) is 12.1. The maximum absolute atomic E-state index is 13.0. The summed E-state index contributed by atoms with van der Waals surface area (Å²) in [4.78, 5) is 0. The summed E-state index contributed by atoms with van der Waals surface area (Å²) in [6.45, 7) is 0. The van der Waals surface area contributed by atoms with E-state index < -0.39 is 18.2 Å². The van der Waals surface area contributed by atoms with Gasteiger partial charge in [-0.15, -0.1) is 0 Å². The Morgan fingerprint density at radius 1 is 0.783 bits per heavy atom. The second-order valence-corrected chi connectivity index (χ2v) is 5.11. The smallest absolute Gasteiger partial charge is 0.392 e. The number of halogens is 3. The van der Waals surface area contributed by atoms with Crippen LogP contribution in [-0.2, 0) is 5.60 Å². The van der Waals surface area contributed by atoms with Gasteiger partial charge in [0.2, 0.25) is 0 Å². The average Bonchev–Trinajstić information content (AvgIpc) is 2.53. The summed E-state index contributed by atoms with van der Waals surface area (Å²) in [5.74, 6) is 0.996. The van der Waals surface area contributed by atoms with Crippen molar-refractivity contribution >= 4 is 0 Å². The van der Waals surface area contributed by atoms with Gasteiger partial charge >= 0.3 is 6.18 Å². The molecule has 0 aliphatic heterocycles. The van der Waals surface area contributed by atoms with Crippen molar-refractivity contribution < 1.29 is 27.8 Å². The number of aliphatic hydroxyl groups is 1. The minimum absolute atomic E-state index is 0.140. The van der Waals surface area contributed by atoms with Crippen LogP contribution in [0.2, 0.25) is 0 Å². The van der Waals surface area contributed by atoms with Gasteiger partial charge in [-0.1, -0.05) is 24.3 Å². The van der Waals surface area contributed by atoms with Crippen LogP contribution in [0, 0.1) is 0 Å². The fraction of sp³-hybridized carbons (Fsp3) is 0.294. The van der Waals surface area contributed by atoms with E-state index in [0.717, 1.165) is 0 Å². The van der Waals surface area contributed by atoms with Crippen LogP contribution in [0.15, 0.2) is 48.5 Å². The zero-order valence-electron chi connectivity index (χ0n) is 12.7. The first-order valence-electron chi connectivity index (χ1n) is 6.87. The lowest BCUT2D eigenvalue weighted by Gasteiger charge is -2.30. The minimum Gasteiger partial charge on any atom is -0.497 e. The molecular formula is C17H17F3O3. The van der Waals surface area contributed by atoms with Crippen molar-refractivity contribution in [2.45, 2.75) is 18.2 Å². The largest absolute Gasteiger partial charge is 0.497 e. The van der Waals surface area contributed by atoms with E-state index >= 15 is 0 Å². The standard InChI is InChI=1S/C17H17F3O3/c1-22-14-7-3-12(4-8-14)16(21,11-17(18,19)20)13-5-9-15(23-2)10-6-13/h3-10,21H,11H2,1-2H3. The molecule has 23 heavy (non-hydrogen) atoms. The fourth-order valence-corrected chi connectivity index (χ4v) is 2.39. The zero-order chi connectivity index (χ0) is 17.1. The van der Waals surface area contributed by atoms with E-state index in [2.05, 4.69) is 0 Å². The molecule has 0 aromatic heterocycles. The molecule has 0 spiro atoms. The average molecular weight is 326 g/mol. The van der Waals surface area contributed by atoms with Gasteiger partial charge in [-0.2, -0.15) is 13.2 Å². The molecule has 3 nitrogen and oxygen atoms in total. The number of ether oxygens (including phenoxy) is 2. The highest BCUT2D eigenvalue weighted by atomic mass is 19.4. The Hall–Kier alpha value is -2.21. The van der Waals surface area contributed by atoms with Crippen LogP contribution in [0.25, 0.3) is 0 Å². The molecule has 0 unspecified atom stereocenters. The SMILES string of the molecule is COc1ccc(C(O)(CC(F)(F)F)c2ccc(OC)cc2)cc1. The Morgan fingerprint density at radius 3 is 1.39 bits per heavy atom. The summed E-state index contributed by atoms with van der Waals surface area (Å²) in [6, 6.07) is 11.8. The minimum atomic E-state index is -4.53. The third kappa shape index (κ3) is 3.96. The number of rotatable bonds is 5. The van der Waals surface area contributed by atoms with Crippen LogP contribution in [0.5, 0.6) is 11.5 Å². The van der Waals surface area contributed by atoms with Crippen LogP contribution in [-0.4, -0.2) is 25.5 Å². The molecule has 0 radical (unpaired) electrons. The van der Waals surface area contributed by atoms with E-state index in [1.807, 2.05) is 0 Å². The van der Waals surface area contributed by atoms with Crippen LogP contribution >= 0.6 is 0 Å². The summed E-state index contributed by atoms with van der Waals surface area (Å²) in [7, 11) is 2.92. The number of methoxy groups -OCH3 is 2. The molecule has 0 amide bonds. The number of hydrogen-bond donors (Lipinski definition) is 1. The monoisotopic (exact) mass is 326 g/mol. The van der Waals surface area contributed by atoms with E-state index in [0.29, 0.717) is 11.5 Å². The van der Waals surface area contributed by atoms with Crippen molar-refractivity contribution in [3.8, 4) is 11.5 Å². The molecule has 0 saturated carbocycles. The summed E-state index contributed by atoms with van der Waals surface area (Å²) in [5, 5.41) is 10.8. The second-order valence-electron chi connectivity index (χ2n) is 5.11. The third-order valence-electron chi connectivity index (χ3n) is 3.59. The van der Waals surface area contributed by atoms with Gasteiger partial charge in [0.25, 0.3) is 0 Å². The summed E-state index contributed by atoms with van der Waals surface area (Å²) in [6.07, 6.45) is -5.92. The molecule has 0 bridgehead atoms. The fourth-order valence-electron chi connectivity index (χ4n) is 2.39. The van der Waals surface area contributed by atoms with Crippen molar-refractivity contribution in [3.05, 3.63) is 59.7 Å². The lowest BCUT2D eigenvalue weighted by molar-refractivity contribution is -0.169. The highest BCUT2D eigenvalue weighted by molar-refractivity contribution is 5.41. The van der Waals surface area contributed by atoms with Crippen molar-refractivity contribution in [3.63, 3.8) is 0 Å². The maximum atomic E-state index is 13.0. The molecule has 2 aromatic rings. The molecule has 0 saturated heterocycles. The molecule has 1 N–H and O–H groups in total. The van der Waals surface area contributed by atoms with Crippen molar-refractivity contribution in [1.82, 2.24) is 0 Å². The topological polar surface area (TPSA) is 38.7 Å². The van der Waals surface area contributed by atoms with Crippen LogP contribution < -0.4 is 9.47 Å². The van der Waals surface area contributed by atoms with Gasteiger partial charge < -0.3 is 14.6 Å². The maximum Gasteiger partial charge on any atom is 0.392 e. The van der Waals surface area contributed by atoms with Crippen molar-refractivity contribution in [1.29, 1.82) is 0 Å². The highest BCUT2D eigenvalue weighted by Crippen LogP contribution is 2.40. The molecule has 2 aromatic carbocycles. The first-order chi connectivity index (χ1) is 10.8. The molecule has 0 fully saturated rings. The second kappa shape index (κ2) is 6.50.